The molecular weight excluding hydrogens is 302 g/mol. The van der Waals surface area contributed by atoms with Crippen LogP contribution in [0.5, 0.6) is 0 Å². The molecule has 1 aliphatic heterocycles. The van der Waals surface area contributed by atoms with Crippen molar-refractivity contribution in [3.8, 4) is 0 Å². The fourth-order valence-electron chi connectivity index (χ4n) is 2.95. The molecule has 1 aromatic heterocycles. The van der Waals surface area contributed by atoms with Crippen LogP contribution < -0.4 is 5.56 Å². The van der Waals surface area contributed by atoms with Gasteiger partial charge in [0, 0.05) is 17.5 Å². The van der Waals surface area contributed by atoms with E-state index in [2.05, 4.69) is 9.97 Å². The molecule has 2 aliphatic rings. The second kappa shape index (κ2) is 5.01. The molecule has 1 amide bonds. The molecule has 1 fully saturated rings. The van der Waals surface area contributed by atoms with E-state index in [4.69, 9.17) is 4.74 Å². The molecule has 1 spiro atoms. The summed E-state index contributed by atoms with van der Waals surface area (Å²) in [6.45, 7) is 6.43. The van der Waals surface area contributed by atoms with E-state index in [1.165, 1.54) is 11.8 Å². The van der Waals surface area contributed by atoms with Crippen molar-refractivity contribution in [1.29, 1.82) is 0 Å². The Hall–Kier alpha value is -1.50. The Balaban J connectivity index is 1.94. The van der Waals surface area contributed by atoms with E-state index < -0.39 is 5.60 Å². The summed E-state index contributed by atoms with van der Waals surface area (Å²) in [5.41, 5.74) is 0.672. The Kier molecular flexibility index (Phi) is 3.51. The van der Waals surface area contributed by atoms with Gasteiger partial charge < -0.3 is 14.6 Å². The molecule has 0 saturated heterocycles. The quantitative estimate of drug-likeness (QED) is 0.634. The fraction of sp³-hybridized carbons (Fsp3) is 0.667. The molecule has 120 valence electrons. The third-order valence-corrected chi connectivity index (χ3v) is 4.62. The van der Waals surface area contributed by atoms with Crippen molar-refractivity contribution in [2.24, 2.45) is 0 Å². The van der Waals surface area contributed by atoms with Crippen LogP contribution in [0.25, 0.3) is 0 Å². The molecule has 22 heavy (non-hydrogen) atoms. The molecule has 6 nitrogen and oxygen atoms in total. The molecule has 7 heteroatoms. The van der Waals surface area contributed by atoms with Gasteiger partial charge in [-0.15, -0.1) is 0 Å². The zero-order valence-electron chi connectivity index (χ0n) is 13.4. The van der Waals surface area contributed by atoms with Gasteiger partial charge in [0.1, 0.15) is 5.60 Å². The normalized spacial score (nSPS) is 19.0. The highest BCUT2D eigenvalue weighted by Crippen LogP contribution is 2.50. The minimum absolute atomic E-state index is 0.0595. The van der Waals surface area contributed by atoms with E-state index in [1.54, 1.807) is 4.90 Å². The first-order chi connectivity index (χ1) is 10.2. The topological polar surface area (TPSA) is 75.3 Å². The maximum absolute atomic E-state index is 12.4. The number of carbonyl (C=O) groups excluding carboxylic acids is 1. The Morgan fingerprint density at radius 2 is 2.09 bits per heavy atom. The second-order valence-electron chi connectivity index (χ2n) is 7.01. The van der Waals surface area contributed by atoms with Gasteiger partial charge in [0.05, 0.1) is 12.2 Å². The van der Waals surface area contributed by atoms with Gasteiger partial charge in [-0.2, -0.15) is 0 Å². The highest BCUT2D eigenvalue weighted by molar-refractivity contribution is 7.98. The molecule has 1 aliphatic carbocycles. The van der Waals surface area contributed by atoms with Gasteiger partial charge in [-0.3, -0.25) is 4.79 Å². The smallest absolute Gasteiger partial charge is 0.410 e. The molecule has 1 aromatic rings. The third kappa shape index (κ3) is 2.74. The van der Waals surface area contributed by atoms with Gasteiger partial charge >= 0.3 is 6.09 Å². The van der Waals surface area contributed by atoms with Crippen LogP contribution in [0.3, 0.4) is 0 Å². The van der Waals surface area contributed by atoms with E-state index in [-0.39, 0.29) is 17.1 Å². The summed E-state index contributed by atoms with van der Waals surface area (Å²) in [7, 11) is 0. The Bertz CT molecular complexity index is 674. The molecule has 0 bridgehead atoms. The zero-order valence-corrected chi connectivity index (χ0v) is 14.2. The minimum atomic E-state index is -0.528. The number of nitrogens with zero attached hydrogens (tertiary/aromatic N) is 2. The summed E-state index contributed by atoms with van der Waals surface area (Å²) in [6.07, 6.45) is 3.37. The van der Waals surface area contributed by atoms with Crippen LogP contribution in [0.2, 0.25) is 0 Å². The van der Waals surface area contributed by atoms with Crippen LogP contribution in [0.1, 0.15) is 44.9 Å². The van der Waals surface area contributed by atoms with Crippen molar-refractivity contribution in [3.63, 3.8) is 0 Å². The average molecular weight is 323 g/mol. The molecular formula is C15H21N3O3S. The van der Waals surface area contributed by atoms with E-state index in [9.17, 15) is 9.59 Å². The number of ether oxygens (including phenoxy) is 1. The molecule has 0 radical (unpaired) electrons. The number of fused-ring (bicyclic) bond motifs is 2. The van der Waals surface area contributed by atoms with Crippen molar-refractivity contribution >= 4 is 17.9 Å². The van der Waals surface area contributed by atoms with Crippen molar-refractivity contribution in [1.82, 2.24) is 14.9 Å². The van der Waals surface area contributed by atoms with Gasteiger partial charge in [-0.25, -0.2) is 9.78 Å². The first-order valence-electron chi connectivity index (χ1n) is 7.40. The number of nitrogens with one attached hydrogen (secondary N) is 1. The number of hydrogen-bond donors (Lipinski definition) is 1. The van der Waals surface area contributed by atoms with Gasteiger partial charge in [0.15, 0.2) is 5.16 Å². The first-order valence-corrected chi connectivity index (χ1v) is 8.62. The van der Waals surface area contributed by atoms with Crippen molar-refractivity contribution in [2.75, 3.05) is 12.8 Å². The number of hydrogen-bond acceptors (Lipinski definition) is 5. The Labute approximate surface area is 133 Å². The number of aromatic nitrogens is 2. The fourth-order valence-corrected chi connectivity index (χ4v) is 3.35. The van der Waals surface area contributed by atoms with Gasteiger partial charge in [-0.05, 0) is 39.9 Å². The van der Waals surface area contributed by atoms with Gasteiger partial charge in [0.25, 0.3) is 5.56 Å². The number of carbonyl (C=O) groups is 1. The standard InChI is InChI=1S/C15H21N3O3S/c1-14(2,3)21-13(20)18-7-9-10(15(8-18)5-6-15)11(19)17-12(16-9)22-4/h5-8H2,1-4H3,(H,16,17,19). The lowest BCUT2D eigenvalue weighted by molar-refractivity contribution is 0.0191. The summed E-state index contributed by atoms with van der Waals surface area (Å²) in [6, 6.07) is 0. The van der Waals surface area contributed by atoms with E-state index >= 15 is 0 Å². The van der Waals surface area contributed by atoms with Crippen molar-refractivity contribution in [3.05, 3.63) is 21.6 Å². The molecule has 1 saturated carbocycles. The number of aromatic amines is 1. The van der Waals surface area contributed by atoms with Gasteiger partial charge in [0.2, 0.25) is 0 Å². The lowest BCUT2D eigenvalue weighted by atomic mass is 9.91. The second-order valence-corrected chi connectivity index (χ2v) is 7.81. The lowest BCUT2D eigenvalue weighted by Crippen LogP contribution is -2.46. The summed E-state index contributed by atoms with van der Waals surface area (Å²) in [4.78, 5) is 33.7. The third-order valence-electron chi connectivity index (χ3n) is 4.04. The maximum atomic E-state index is 12.4. The van der Waals surface area contributed by atoms with Crippen molar-refractivity contribution < 1.29 is 9.53 Å². The summed E-state index contributed by atoms with van der Waals surface area (Å²) in [5, 5.41) is 0.589. The van der Waals surface area contributed by atoms with E-state index in [0.29, 0.717) is 23.9 Å². The highest BCUT2D eigenvalue weighted by Gasteiger charge is 2.53. The summed E-state index contributed by atoms with van der Waals surface area (Å²) < 4.78 is 5.47. The predicted octanol–water partition coefficient (Wildman–Crippen LogP) is 2.27. The number of amides is 1. The van der Waals surface area contributed by atoms with Crippen LogP contribution >= 0.6 is 11.8 Å². The highest BCUT2D eigenvalue weighted by atomic mass is 32.2. The molecule has 0 aromatic carbocycles. The number of H-pyrrole nitrogens is 1. The first kappa shape index (κ1) is 15.4. The Morgan fingerprint density at radius 3 is 2.64 bits per heavy atom. The van der Waals surface area contributed by atoms with Crippen molar-refractivity contribution in [2.45, 2.75) is 56.3 Å². The molecule has 2 heterocycles. The molecule has 1 N–H and O–H groups in total. The molecule has 0 atom stereocenters. The molecule has 0 unspecified atom stereocenters. The van der Waals surface area contributed by atoms with E-state index in [1.807, 2.05) is 27.0 Å². The monoisotopic (exact) mass is 323 g/mol. The average Bonchev–Trinajstić information content (AvgIpc) is 3.15. The van der Waals surface area contributed by atoms with Crippen LogP contribution in [0.15, 0.2) is 9.95 Å². The largest absolute Gasteiger partial charge is 0.444 e. The van der Waals surface area contributed by atoms with Crippen LogP contribution in [0.4, 0.5) is 4.79 Å². The lowest BCUT2D eigenvalue weighted by Gasteiger charge is -2.34. The molecule has 3 rings (SSSR count). The van der Waals surface area contributed by atoms with Gasteiger partial charge in [-0.1, -0.05) is 11.8 Å². The van der Waals surface area contributed by atoms with Crippen LogP contribution in [0, 0.1) is 0 Å². The number of thioether (sulfide) groups is 1. The maximum Gasteiger partial charge on any atom is 0.410 e. The SMILES string of the molecule is CSc1nc2c(c(=O)[nH]1)C1(CC1)CN(C(=O)OC(C)(C)C)C2. The Morgan fingerprint density at radius 1 is 1.41 bits per heavy atom. The van der Waals surface area contributed by atoms with E-state index in [0.717, 1.165) is 18.4 Å². The summed E-state index contributed by atoms with van der Waals surface area (Å²) >= 11 is 1.39. The summed E-state index contributed by atoms with van der Waals surface area (Å²) in [5.74, 6) is 0. The number of rotatable bonds is 1. The minimum Gasteiger partial charge on any atom is -0.444 e. The predicted molar refractivity (Wildman–Crippen MR) is 84.2 cm³/mol. The van der Waals surface area contributed by atoms with Crippen LogP contribution in [-0.4, -0.2) is 39.4 Å². The zero-order chi connectivity index (χ0) is 16.1. The van der Waals surface area contributed by atoms with Crippen LogP contribution in [-0.2, 0) is 16.7 Å².